The maximum Gasteiger partial charge on any atom is 0.246 e. The Hall–Kier alpha value is -5.08. The summed E-state index contributed by atoms with van der Waals surface area (Å²) in [5.74, 6) is -0.648. The molecule has 67 heavy (non-hydrogen) atoms. The van der Waals surface area contributed by atoms with Crippen LogP contribution in [0.15, 0.2) is 72.2 Å². The van der Waals surface area contributed by atoms with Gasteiger partial charge < -0.3 is 40.5 Å². The van der Waals surface area contributed by atoms with Crippen LogP contribution in [0.25, 0.3) is 10.4 Å². The zero-order valence-corrected chi connectivity index (χ0v) is 41.6. The van der Waals surface area contributed by atoms with E-state index in [1.54, 1.807) is 29.5 Å². The van der Waals surface area contributed by atoms with E-state index in [1.165, 1.54) is 4.90 Å². The monoisotopic (exact) mass is 955 g/mol. The lowest BCUT2D eigenvalue weighted by molar-refractivity contribution is -0.179. The molecule has 16 heteroatoms. The van der Waals surface area contributed by atoms with E-state index in [1.807, 2.05) is 88.7 Å². The molecule has 6 rings (SSSR count). The molecular formula is C51H66ClN7O7S. The molecule has 3 amide bonds. The van der Waals surface area contributed by atoms with E-state index < -0.39 is 41.6 Å². The molecule has 2 fully saturated rings. The van der Waals surface area contributed by atoms with Crippen LogP contribution in [0.5, 0.6) is 5.75 Å². The van der Waals surface area contributed by atoms with E-state index >= 15 is 0 Å². The average Bonchev–Trinajstić information content (AvgIpc) is 3.90. The van der Waals surface area contributed by atoms with Crippen molar-refractivity contribution in [3.05, 3.63) is 99.6 Å². The minimum absolute atomic E-state index is 0.0149. The van der Waals surface area contributed by atoms with Gasteiger partial charge >= 0.3 is 0 Å². The number of nitrogens with one attached hydrogen (secondary N) is 4. The van der Waals surface area contributed by atoms with Crippen LogP contribution in [0.3, 0.4) is 0 Å². The van der Waals surface area contributed by atoms with Crippen molar-refractivity contribution in [1.82, 2.24) is 25.8 Å². The molecule has 1 unspecified atom stereocenters. The van der Waals surface area contributed by atoms with E-state index in [4.69, 9.17) is 21.1 Å². The highest BCUT2D eigenvalue weighted by molar-refractivity contribution is 7.13. The van der Waals surface area contributed by atoms with Gasteiger partial charge in [-0.1, -0.05) is 96.5 Å². The average molecular weight is 957 g/mol. The number of rotatable bonds is 19. The number of aryl methyl sites for hydroxylation is 1. The summed E-state index contributed by atoms with van der Waals surface area (Å²) in [6.07, 6.45) is -0.379. The number of benzene rings is 3. The summed E-state index contributed by atoms with van der Waals surface area (Å²) < 4.78 is 12.1. The number of ether oxygens (including phenoxy) is 2. The molecule has 0 bridgehead atoms. The summed E-state index contributed by atoms with van der Waals surface area (Å²) in [5.41, 5.74) is 5.41. The van der Waals surface area contributed by atoms with Gasteiger partial charge in [0.25, 0.3) is 0 Å². The second-order valence-electron chi connectivity index (χ2n) is 20.1. The summed E-state index contributed by atoms with van der Waals surface area (Å²) >= 11 is 7.82. The van der Waals surface area contributed by atoms with Gasteiger partial charge in [0.15, 0.2) is 0 Å². The molecule has 14 nitrogen and oxygen atoms in total. The van der Waals surface area contributed by atoms with E-state index in [0.717, 1.165) is 39.4 Å². The fraction of sp³-hybridized carbons (Fsp3) is 0.510. The molecule has 5 atom stereocenters. The number of aromatic nitrogens is 1. The number of carbonyl (C=O) groups is 3. The lowest BCUT2D eigenvalue weighted by Crippen LogP contribution is -2.74. The van der Waals surface area contributed by atoms with Crippen LogP contribution in [0.2, 0.25) is 5.02 Å². The Labute approximate surface area is 403 Å². The minimum atomic E-state index is -0.956. The van der Waals surface area contributed by atoms with Gasteiger partial charge in [-0.05, 0) is 73.1 Å². The molecule has 4 aromatic rings. The maximum atomic E-state index is 14.1. The summed E-state index contributed by atoms with van der Waals surface area (Å²) in [6, 6.07) is 20.4. The van der Waals surface area contributed by atoms with Gasteiger partial charge in [0, 0.05) is 54.7 Å². The number of nitrogens with zero attached hydrogens (tertiary/aromatic N) is 3. The summed E-state index contributed by atoms with van der Waals surface area (Å²) in [7, 11) is 0. The number of hydrogen-bond acceptors (Lipinski definition) is 12. The molecule has 1 aliphatic carbocycles. The van der Waals surface area contributed by atoms with E-state index in [2.05, 4.69) is 60.0 Å². The number of nitriles is 1. The first-order valence-electron chi connectivity index (χ1n) is 22.9. The predicted octanol–water partition coefficient (Wildman–Crippen LogP) is 7.69. The number of hydrogen-bond donors (Lipinski definition) is 6. The number of β-amino-alcohol motifs (C(OH)–C–C–N with tert-alkyl or cyclic N) is 1. The normalized spacial score (nSPS) is 21.0. The van der Waals surface area contributed by atoms with Crippen molar-refractivity contribution in [3.8, 4) is 22.3 Å². The zero-order chi connectivity index (χ0) is 48.8. The first kappa shape index (κ1) is 51.3. The molecule has 2 aliphatic rings. The molecule has 2 heterocycles. The van der Waals surface area contributed by atoms with Crippen molar-refractivity contribution in [3.63, 3.8) is 0 Å². The molecule has 1 aliphatic heterocycles. The number of aliphatic hydroxyl groups is 2. The first-order chi connectivity index (χ1) is 31.6. The highest BCUT2D eigenvalue weighted by Crippen LogP contribution is 2.56. The lowest BCUT2D eigenvalue weighted by atomic mass is 9.49. The largest absolute Gasteiger partial charge is 0.489 e. The third-order valence-electron chi connectivity index (χ3n) is 13.0. The van der Waals surface area contributed by atoms with Crippen LogP contribution >= 0.6 is 22.9 Å². The van der Waals surface area contributed by atoms with Gasteiger partial charge in [0.2, 0.25) is 17.7 Å². The van der Waals surface area contributed by atoms with Gasteiger partial charge in [-0.2, -0.15) is 5.26 Å². The highest BCUT2D eigenvalue weighted by atomic mass is 35.5. The van der Waals surface area contributed by atoms with Crippen molar-refractivity contribution >= 4 is 46.3 Å². The van der Waals surface area contributed by atoms with Crippen molar-refractivity contribution < 1.29 is 34.1 Å². The number of anilines is 1. The molecule has 1 saturated carbocycles. The van der Waals surface area contributed by atoms with Crippen LogP contribution < -0.4 is 26.0 Å². The Morgan fingerprint density at radius 2 is 1.67 bits per heavy atom. The SMILES string of the molecule is Cc1ncsc1-c1ccc([C@H](C)NC(=O)[C@@H]2C[C@@H](O)CN2C(=O)[C@@H](NC(=O)COCCCCNc2ccc(C(O)NC3C(C)(C)C(Oc4ccc(C#N)c(Cl)c4)C3(C)C)cc2)C(C)(C)C)cc1. The van der Waals surface area contributed by atoms with Crippen molar-refractivity contribution in [2.24, 2.45) is 16.2 Å². The number of likely N-dealkylation sites (tertiary alicyclic amines) is 1. The number of carbonyl (C=O) groups excluding carboxylic acids is 3. The van der Waals surface area contributed by atoms with Gasteiger partial charge in [-0.25, -0.2) is 4.98 Å². The topological polar surface area (TPSA) is 198 Å². The molecular weight excluding hydrogens is 890 g/mol. The summed E-state index contributed by atoms with van der Waals surface area (Å²) in [6.45, 7) is 18.6. The molecule has 6 N–H and O–H groups in total. The van der Waals surface area contributed by atoms with Gasteiger partial charge in [0.1, 0.15) is 42.8 Å². The number of unbranched alkanes of at least 4 members (excludes halogenated alkanes) is 1. The number of amides is 3. The fourth-order valence-corrected chi connectivity index (χ4v) is 10.7. The van der Waals surface area contributed by atoms with Crippen molar-refractivity contribution in [1.29, 1.82) is 5.26 Å². The molecule has 360 valence electrons. The standard InChI is InChI=1S/C51H66ClN7O7S/c1-30(32-12-14-33(15-13-32)42-31(2)55-29-67-42)56-45(63)40-24-37(60)27-59(40)46(64)43(49(3,4)5)57-41(61)28-65-23-11-10-22-54-36-19-16-34(17-20-36)44(62)58-47-50(6,7)48(51(47,8)9)66-38-21-18-35(26-53)39(52)25-38/h12-21,25,29-30,37,40,43-44,47-48,54,58,60,62H,10-11,22-24,27-28H2,1-9H3,(H,56,63)(H,57,61)/t30-,37+,40-,43+,44?,47?,48?/m0/s1. The number of halogens is 1. The Morgan fingerprint density at radius 1 is 1.00 bits per heavy atom. The first-order valence-corrected chi connectivity index (χ1v) is 24.2. The van der Waals surface area contributed by atoms with E-state index in [-0.39, 0.29) is 54.5 Å². The Balaban J connectivity index is 0.905. The van der Waals surface area contributed by atoms with Crippen LogP contribution in [0, 0.1) is 34.5 Å². The Bertz CT molecular complexity index is 2380. The maximum absolute atomic E-state index is 14.1. The van der Waals surface area contributed by atoms with E-state index in [9.17, 15) is 29.9 Å². The highest BCUT2D eigenvalue weighted by Gasteiger charge is 2.64. The predicted molar refractivity (Wildman–Crippen MR) is 261 cm³/mol. The molecule has 3 aromatic carbocycles. The quantitative estimate of drug-likeness (QED) is 0.0398. The summed E-state index contributed by atoms with van der Waals surface area (Å²) in [4.78, 5) is 47.6. The third-order valence-corrected chi connectivity index (χ3v) is 14.3. The van der Waals surface area contributed by atoms with Crippen LogP contribution in [-0.2, 0) is 19.1 Å². The fourth-order valence-electron chi connectivity index (χ4n) is 9.64. The molecule has 1 saturated heterocycles. The number of thiazole rings is 1. The second kappa shape index (κ2) is 21.5. The molecule has 1 aromatic heterocycles. The van der Waals surface area contributed by atoms with E-state index in [0.29, 0.717) is 35.9 Å². The van der Waals surface area contributed by atoms with Crippen LogP contribution in [-0.4, -0.2) is 94.5 Å². The van der Waals surface area contributed by atoms with Crippen molar-refractivity contribution in [2.75, 3.05) is 31.6 Å². The Morgan fingerprint density at radius 3 is 2.28 bits per heavy atom. The van der Waals surface area contributed by atoms with Gasteiger partial charge in [0.05, 0.1) is 38.8 Å². The minimum Gasteiger partial charge on any atom is -0.489 e. The van der Waals surface area contributed by atoms with Gasteiger partial charge in [-0.3, -0.25) is 19.7 Å². The lowest BCUT2D eigenvalue weighted by Gasteiger charge is -2.63. The molecule has 0 radical (unpaired) electrons. The van der Waals surface area contributed by atoms with Crippen LogP contribution in [0.1, 0.15) is 109 Å². The zero-order valence-electron chi connectivity index (χ0n) is 40.0. The van der Waals surface area contributed by atoms with Gasteiger partial charge in [-0.15, -0.1) is 11.3 Å². The smallest absolute Gasteiger partial charge is 0.246 e. The Kier molecular flexibility index (Phi) is 16.4. The number of aliphatic hydroxyl groups excluding tert-OH is 2. The van der Waals surface area contributed by atoms with Crippen molar-refractivity contribution in [2.45, 2.75) is 124 Å². The second-order valence-corrected chi connectivity index (χ2v) is 21.3. The molecule has 0 spiro atoms. The summed E-state index contributed by atoms with van der Waals surface area (Å²) in [5, 5.41) is 44.1. The third kappa shape index (κ3) is 12.2. The van der Waals surface area contributed by atoms with Crippen LogP contribution in [0.4, 0.5) is 5.69 Å².